The molecule has 2 atom stereocenters. The van der Waals surface area contributed by atoms with Gasteiger partial charge in [-0.05, 0) is 23.8 Å². The molecule has 0 aliphatic rings. The van der Waals surface area contributed by atoms with Crippen molar-refractivity contribution in [2.45, 2.75) is 31.8 Å². The third-order valence-corrected chi connectivity index (χ3v) is 4.76. The van der Waals surface area contributed by atoms with Gasteiger partial charge in [-0.1, -0.05) is 42.5 Å². The largest absolute Gasteiger partial charge is 0.480 e. The van der Waals surface area contributed by atoms with Gasteiger partial charge >= 0.3 is 5.97 Å². The van der Waals surface area contributed by atoms with Crippen LogP contribution in [0.1, 0.15) is 18.2 Å². The molecule has 0 aliphatic carbocycles. The number of hydrogen-bond acceptors (Lipinski definition) is 4. The lowest BCUT2D eigenvalue weighted by Crippen LogP contribution is -2.52. The van der Waals surface area contributed by atoms with Gasteiger partial charge in [-0.3, -0.25) is 14.6 Å². The highest BCUT2D eigenvalue weighted by Crippen LogP contribution is 2.14. The third-order valence-electron chi connectivity index (χ3n) is 4.76. The highest BCUT2D eigenvalue weighted by Gasteiger charge is 2.27. The summed E-state index contributed by atoms with van der Waals surface area (Å²) < 4.78 is 14.0. The van der Waals surface area contributed by atoms with Crippen LogP contribution in [0.3, 0.4) is 0 Å². The summed E-state index contributed by atoms with van der Waals surface area (Å²) in [7, 11) is 0. The standard InChI is InChI=1S/C23H22FN3O4/c1-14(28)25-20(12-16-7-2-4-8-18(16)24)22(29)27-21(23(30)31)13-17-11-10-15-6-3-5-9-19(15)26-17/h2-11,20-21H,12-13H2,1H3,(H,25,28)(H,27,29)(H,30,31)/t20-,21+/m1/s1. The number of pyridine rings is 1. The van der Waals surface area contributed by atoms with Crippen molar-refractivity contribution in [2.75, 3.05) is 0 Å². The highest BCUT2D eigenvalue weighted by atomic mass is 19.1. The quantitative estimate of drug-likeness (QED) is 0.515. The number of benzene rings is 2. The molecular formula is C23H22FN3O4. The minimum absolute atomic E-state index is 0.0433. The van der Waals surface area contributed by atoms with E-state index in [9.17, 15) is 23.9 Å². The number of amides is 2. The Balaban J connectivity index is 1.76. The zero-order chi connectivity index (χ0) is 22.4. The first-order chi connectivity index (χ1) is 14.8. The molecule has 2 aromatic carbocycles. The van der Waals surface area contributed by atoms with Gasteiger partial charge in [-0.15, -0.1) is 0 Å². The van der Waals surface area contributed by atoms with Crippen LogP contribution in [0.4, 0.5) is 4.39 Å². The van der Waals surface area contributed by atoms with E-state index in [-0.39, 0.29) is 18.4 Å². The number of fused-ring (bicyclic) bond motifs is 1. The fourth-order valence-corrected chi connectivity index (χ4v) is 3.24. The Kier molecular flexibility index (Phi) is 6.92. The molecule has 0 spiro atoms. The molecule has 0 unspecified atom stereocenters. The second-order valence-electron chi connectivity index (χ2n) is 7.15. The van der Waals surface area contributed by atoms with Crippen molar-refractivity contribution in [3.05, 3.63) is 77.7 Å². The zero-order valence-electron chi connectivity index (χ0n) is 16.8. The van der Waals surface area contributed by atoms with Crippen molar-refractivity contribution in [1.29, 1.82) is 0 Å². The summed E-state index contributed by atoms with van der Waals surface area (Å²) in [5, 5.41) is 15.4. The number of carbonyl (C=O) groups is 3. The molecule has 31 heavy (non-hydrogen) atoms. The average Bonchev–Trinajstić information content (AvgIpc) is 2.73. The lowest BCUT2D eigenvalue weighted by molar-refractivity contribution is -0.142. The number of carboxylic acid groups (broad SMARTS) is 1. The number of para-hydroxylation sites is 1. The SMILES string of the molecule is CC(=O)N[C@H](Cc1ccccc1F)C(=O)N[C@@H](Cc1ccc2ccccc2n1)C(=O)O. The van der Waals surface area contributed by atoms with Crippen LogP contribution < -0.4 is 10.6 Å². The van der Waals surface area contributed by atoms with Crippen LogP contribution in [0.25, 0.3) is 10.9 Å². The molecule has 8 heteroatoms. The fraction of sp³-hybridized carbons (Fsp3) is 0.217. The molecule has 3 aromatic rings. The van der Waals surface area contributed by atoms with E-state index in [1.807, 2.05) is 30.3 Å². The Bertz CT molecular complexity index is 1120. The molecule has 0 fully saturated rings. The third kappa shape index (κ3) is 5.85. The number of carboxylic acids is 1. The average molecular weight is 423 g/mol. The van der Waals surface area contributed by atoms with E-state index in [0.29, 0.717) is 11.2 Å². The van der Waals surface area contributed by atoms with Crippen LogP contribution in [0.2, 0.25) is 0 Å². The number of rotatable bonds is 8. The molecule has 1 heterocycles. The summed E-state index contributed by atoms with van der Waals surface area (Å²) in [6.45, 7) is 1.23. The number of hydrogen-bond donors (Lipinski definition) is 3. The normalized spacial score (nSPS) is 12.7. The van der Waals surface area contributed by atoms with E-state index in [4.69, 9.17) is 0 Å². The zero-order valence-corrected chi connectivity index (χ0v) is 16.8. The molecule has 0 radical (unpaired) electrons. The number of carbonyl (C=O) groups excluding carboxylic acids is 2. The topological polar surface area (TPSA) is 108 Å². The fourth-order valence-electron chi connectivity index (χ4n) is 3.24. The Morgan fingerprint density at radius 3 is 2.35 bits per heavy atom. The van der Waals surface area contributed by atoms with E-state index in [2.05, 4.69) is 15.6 Å². The van der Waals surface area contributed by atoms with Gasteiger partial charge in [-0.25, -0.2) is 9.18 Å². The molecule has 7 nitrogen and oxygen atoms in total. The first kappa shape index (κ1) is 21.9. The minimum atomic E-state index is -1.27. The van der Waals surface area contributed by atoms with E-state index in [1.165, 1.54) is 25.1 Å². The Morgan fingerprint density at radius 1 is 0.935 bits per heavy atom. The monoisotopic (exact) mass is 423 g/mol. The van der Waals surface area contributed by atoms with E-state index < -0.39 is 35.7 Å². The summed E-state index contributed by atoms with van der Waals surface area (Å²) in [5.41, 5.74) is 1.45. The summed E-state index contributed by atoms with van der Waals surface area (Å²) in [6.07, 6.45) is -0.156. The van der Waals surface area contributed by atoms with Gasteiger partial charge in [0.05, 0.1) is 5.52 Å². The molecule has 0 bridgehead atoms. The summed E-state index contributed by atoms with van der Waals surface area (Å²) in [6, 6.07) is 14.4. The van der Waals surface area contributed by atoms with Crippen LogP contribution in [-0.2, 0) is 27.2 Å². The number of nitrogens with one attached hydrogen (secondary N) is 2. The smallest absolute Gasteiger partial charge is 0.326 e. The van der Waals surface area contributed by atoms with E-state index in [1.54, 1.807) is 12.1 Å². The maximum absolute atomic E-state index is 14.0. The van der Waals surface area contributed by atoms with Crippen molar-refractivity contribution in [3.63, 3.8) is 0 Å². The summed E-state index contributed by atoms with van der Waals surface area (Å²) >= 11 is 0. The maximum atomic E-state index is 14.0. The lowest BCUT2D eigenvalue weighted by atomic mass is 10.0. The minimum Gasteiger partial charge on any atom is -0.480 e. The molecule has 0 saturated carbocycles. The van der Waals surface area contributed by atoms with Crippen LogP contribution in [0.15, 0.2) is 60.7 Å². The van der Waals surface area contributed by atoms with Crippen LogP contribution in [0.5, 0.6) is 0 Å². The predicted octanol–water partition coefficient (Wildman–Crippen LogP) is 2.23. The molecule has 1 aromatic heterocycles. The van der Waals surface area contributed by atoms with Gasteiger partial charge in [0, 0.05) is 30.8 Å². The van der Waals surface area contributed by atoms with Gasteiger partial charge in [-0.2, -0.15) is 0 Å². The Hall–Kier alpha value is -3.81. The molecule has 0 saturated heterocycles. The van der Waals surface area contributed by atoms with Gasteiger partial charge < -0.3 is 15.7 Å². The number of aliphatic carboxylic acids is 1. The maximum Gasteiger partial charge on any atom is 0.326 e. The molecular weight excluding hydrogens is 401 g/mol. The van der Waals surface area contributed by atoms with Crippen molar-refractivity contribution < 1.29 is 23.9 Å². The van der Waals surface area contributed by atoms with Gasteiger partial charge in [0.15, 0.2) is 0 Å². The molecule has 2 amide bonds. The molecule has 3 rings (SSSR count). The predicted molar refractivity (Wildman–Crippen MR) is 113 cm³/mol. The first-order valence-electron chi connectivity index (χ1n) is 9.72. The summed E-state index contributed by atoms with van der Waals surface area (Å²) in [5.74, 6) is -2.96. The van der Waals surface area contributed by atoms with Crippen molar-refractivity contribution >= 4 is 28.7 Å². The van der Waals surface area contributed by atoms with Gasteiger partial charge in [0.25, 0.3) is 0 Å². The number of halogens is 1. The van der Waals surface area contributed by atoms with E-state index >= 15 is 0 Å². The van der Waals surface area contributed by atoms with Crippen molar-refractivity contribution in [2.24, 2.45) is 0 Å². The second-order valence-corrected chi connectivity index (χ2v) is 7.15. The van der Waals surface area contributed by atoms with Gasteiger partial charge in [0.2, 0.25) is 11.8 Å². The van der Waals surface area contributed by atoms with Crippen molar-refractivity contribution in [1.82, 2.24) is 15.6 Å². The molecule has 0 aliphatic heterocycles. The van der Waals surface area contributed by atoms with Crippen LogP contribution >= 0.6 is 0 Å². The lowest BCUT2D eigenvalue weighted by Gasteiger charge is -2.21. The number of aromatic nitrogens is 1. The molecule has 160 valence electrons. The number of nitrogens with zero attached hydrogens (tertiary/aromatic N) is 1. The second kappa shape index (κ2) is 9.80. The van der Waals surface area contributed by atoms with Gasteiger partial charge in [0.1, 0.15) is 17.9 Å². The Labute approximate surface area is 178 Å². The van der Waals surface area contributed by atoms with Crippen LogP contribution in [-0.4, -0.2) is 40.0 Å². The summed E-state index contributed by atoms with van der Waals surface area (Å²) in [4.78, 5) is 40.6. The first-order valence-corrected chi connectivity index (χ1v) is 9.72. The highest BCUT2D eigenvalue weighted by molar-refractivity contribution is 5.90. The van der Waals surface area contributed by atoms with Crippen LogP contribution in [0, 0.1) is 5.82 Å². The van der Waals surface area contributed by atoms with Crippen molar-refractivity contribution in [3.8, 4) is 0 Å². The molecule has 3 N–H and O–H groups in total. The van der Waals surface area contributed by atoms with E-state index in [0.717, 1.165) is 5.39 Å². The Morgan fingerprint density at radius 2 is 1.65 bits per heavy atom.